The third-order valence-electron chi connectivity index (χ3n) is 2.91. The molecule has 114 valence electrons. The van der Waals surface area contributed by atoms with Crippen molar-refractivity contribution in [2.45, 2.75) is 33.1 Å². The van der Waals surface area contributed by atoms with Crippen molar-refractivity contribution in [1.29, 1.82) is 0 Å². The van der Waals surface area contributed by atoms with Gasteiger partial charge in [0.05, 0.1) is 11.4 Å². The summed E-state index contributed by atoms with van der Waals surface area (Å²) in [5, 5.41) is 0. The first-order chi connectivity index (χ1) is 9.84. The number of aromatic nitrogens is 2. The Labute approximate surface area is 128 Å². The topological polar surface area (TPSA) is 27.1 Å². The van der Waals surface area contributed by atoms with Gasteiger partial charge in [-0.1, -0.05) is 29.8 Å². The largest absolute Gasteiger partial charge is 0.573 e. The summed E-state index contributed by atoms with van der Waals surface area (Å²) in [7, 11) is 0. The van der Waals surface area contributed by atoms with E-state index in [-0.39, 0.29) is 5.75 Å². The van der Waals surface area contributed by atoms with Crippen LogP contribution in [0.5, 0.6) is 5.75 Å². The van der Waals surface area contributed by atoms with Gasteiger partial charge in [-0.3, -0.25) is 4.57 Å². The number of hydrogen-bond acceptors (Lipinski definition) is 2. The van der Waals surface area contributed by atoms with Crippen LogP contribution in [0.2, 0.25) is 0 Å². The van der Waals surface area contributed by atoms with Gasteiger partial charge in [-0.25, -0.2) is 4.98 Å². The molecule has 0 aliphatic heterocycles. The van der Waals surface area contributed by atoms with Crippen LogP contribution < -0.4 is 4.74 Å². The highest BCUT2D eigenvalue weighted by molar-refractivity contribution is 9.10. The SMILES string of the molecule is CCc1cn(-c2ccc(Br)cc2OC(F)(F)F)c(CC)n1. The Hall–Kier alpha value is -1.50. The number of nitrogens with zero attached hydrogens (tertiary/aromatic N) is 2. The Kier molecular flexibility index (Phi) is 4.61. The molecular weight excluding hydrogens is 349 g/mol. The van der Waals surface area contributed by atoms with E-state index in [1.54, 1.807) is 22.9 Å². The van der Waals surface area contributed by atoms with Crippen LogP contribution in [0.4, 0.5) is 13.2 Å². The van der Waals surface area contributed by atoms with Crippen molar-refractivity contribution in [3.05, 3.63) is 40.4 Å². The van der Waals surface area contributed by atoms with Gasteiger partial charge in [-0.2, -0.15) is 0 Å². The van der Waals surface area contributed by atoms with Crippen LogP contribution in [0.3, 0.4) is 0 Å². The summed E-state index contributed by atoms with van der Waals surface area (Å²) >= 11 is 3.16. The van der Waals surface area contributed by atoms with Gasteiger partial charge >= 0.3 is 6.36 Å². The molecule has 7 heteroatoms. The molecule has 0 aliphatic rings. The first-order valence-electron chi connectivity index (χ1n) is 6.46. The van der Waals surface area contributed by atoms with E-state index in [1.165, 1.54) is 6.07 Å². The van der Waals surface area contributed by atoms with Gasteiger partial charge in [0.1, 0.15) is 5.82 Å². The van der Waals surface area contributed by atoms with E-state index in [9.17, 15) is 13.2 Å². The van der Waals surface area contributed by atoms with E-state index in [1.807, 2.05) is 13.8 Å². The molecule has 21 heavy (non-hydrogen) atoms. The van der Waals surface area contributed by atoms with Crippen molar-refractivity contribution >= 4 is 15.9 Å². The Bertz CT molecular complexity index is 638. The summed E-state index contributed by atoms with van der Waals surface area (Å²) < 4.78 is 44.0. The lowest BCUT2D eigenvalue weighted by Gasteiger charge is -2.15. The average Bonchev–Trinajstić information content (AvgIpc) is 2.80. The highest BCUT2D eigenvalue weighted by Crippen LogP contribution is 2.32. The van der Waals surface area contributed by atoms with E-state index in [0.29, 0.717) is 28.8 Å². The quantitative estimate of drug-likeness (QED) is 0.790. The fourth-order valence-corrected chi connectivity index (χ4v) is 2.33. The van der Waals surface area contributed by atoms with E-state index >= 15 is 0 Å². The molecule has 0 N–H and O–H groups in total. The zero-order chi connectivity index (χ0) is 15.6. The van der Waals surface area contributed by atoms with Crippen LogP contribution in [0, 0.1) is 0 Å². The molecule has 2 aromatic rings. The predicted octanol–water partition coefficient (Wildman–Crippen LogP) is 4.66. The van der Waals surface area contributed by atoms with Crippen LogP contribution in [0.15, 0.2) is 28.9 Å². The van der Waals surface area contributed by atoms with Crippen molar-refractivity contribution < 1.29 is 17.9 Å². The molecule has 1 aromatic carbocycles. The minimum atomic E-state index is -4.74. The highest BCUT2D eigenvalue weighted by Gasteiger charge is 2.32. The van der Waals surface area contributed by atoms with Crippen molar-refractivity contribution in [2.24, 2.45) is 0 Å². The minimum absolute atomic E-state index is 0.258. The van der Waals surface area contributed by atoms with Gasteiger partial charge in [0.15, 0.2) is 5.75 Å². The molecule has 0 atom stereocenters. The number of halogens is 4. The molecule has 0 fully saturated rings. The average molecular weight is 363 g/mol. The smallest absolute Gasteiger partial charge is 0.403 e. The third kappa shape index (κ3) is 3.78. The standard InChI is InChI=1S/C14H14BrF3N2O/c1-3-10-8-20(13(4-2)19-10)11-6-5-9(15)7-12(11)21-14(16,17)18/h5-8H,3-4H2,1-2H3. The number of imidazole rings is 1. The summed E-state index contributed by atoms with van der Waals surface area (Å²) in [6.45, 7) is 3.85. The lowest BCUT2D eigenvalue weighted by Crippen LogP contribution is -2.18. The van der Waals surface area contributed by atoms with Crippen molar-refractivity contribution in [1.82, 2.24) is 9.55 Å². The van der Waals surface area contributed by atoms with Crippen LogP contribution in [-0.2, 0) is 12.8 Å². The molecule has 0 radical (unpaired) electrons. The molecule has 0 bridgehead atoms. The first-order valence-corrected chi connectivity index (χ1v) is 7.26. The van der Waals surface area contributed by atoms with Crippen molar-refractivity contribution in [2.75, 3.05) is 0 Å². The maximum atomic E-state index is 12.6. The summed E-state index contributed by atoms with van der Waals surface area (Å²) in [4.78, 5) is 4.40. The molecule has 0 saturated carbocycles. The lowest BCUT2D eigenvalue weighted by molar-refractivity contribution is -0.274. The zero-order valence-electron chi connectivity index (χ0n) is 11.5. The number of rotatable bonds is 4. The van der Waals surface area contributed by atoms with E-state index in [0.717, 1.165) is 5.69 Å². The summed E-state index contributed by atoms with van der Waals surface area (Å²) in [5.74, 6) is 0.438. The Balaban J connectivity index is 2.55. The van der Waals surface area contributed by atoms with Gasteiger partial charge in [-0.15, -0.1) is 13.2 Å². The van der Waals surface area contributed by atoms with Gasteiger partial charge in [0.2, 0.25) is 0 Å². The number of ether oxygens (including phenoxy) is 1. The summed E-state index contributed by atoms with van der Waals surface area (Å²) in [6, 6.07) is 4.54. The number of alkyl halides is 3. The summed E-state index contributed by atoms with van der Waals surface area (Å²) in [5.41, 5.74) is 1.15. The van der Waals surface area contributed by atoms with E-state index < -0.39 is 6.36 Å². The maximum Gasteiger partial charge on any atom is 0.573 e. The molecule has 3 nitrogen and oxygen atoms in total. The number of hydrogen-bond donors (Lipinski definition) is 0. The van der Waals surface area contributed by atoms with Crippen LogP contribution in [0.1, 0.15) is 25.4 Å². The fourth-order valence-electron chi connectivity index (χ4n) is 1.99. The second-order valence-corrected chi connectivity index (χ2v) is 5.30. The molecular formula is C14H14BrF3N2O. The number of aryl methyl sites for hydroxylation is 2. The minimum Gasteiger partial charge on any atom is -0.403 e. The van der Waals surface area contributed by atoms with E-state index in [4.69, 9.17) is 0 Å². The monoisotopic (exact) mass is 362 g/mol. The molecule has 0 amide bonds. The maximum absolute atomic E-state index is 12.6. The number of benzene rings is 1. The lowest BCUT2D eigenvalue weighted by atomic mass is 10.2. The Morgan fingerprint density at radius 3 is 2.52 bits per heavy atom. The second-order valence-electron chi connectivity index (χ2n) is 4.39. The fraction of sp³-hybridized carbons (Fsp3) is 0.357. The molecule has 1 aromatic heterocycles. The predicted molar refractivity (Wildman–Crippen MR) is 76.7 cm³/mol. The Morgan fingerprint density at radius 1 is 1.24 bits per heavy atom. The van der Waals surface area contributed by atoms with Crippen LogP contribution >= 0.6 is 15.9 Å². The third-order valence-corrected chi connectivity index (χ3v) is 3.41. The molecule has 0 unspecified atom stereocenters. The Morgan fingerprint density at radius 2 is 1.95 bits per heavy atom. The van der Waals surface area contributed by atoms with Crippen LogP contribution in [-0.4, -0.2) is 15.9 Å². The van der Waals surface area contributed by atoms with Gasteiger partial charge in [0.25, 0.3) is 0 Å². The van der Waals surface area contributed by atoms with Crippen molar-refractivity contribution in [3.8, 4) is 11.4 Å². The summed E-state index contributed by atoms with van der Waals surface area (Å²) in [6.07, 6.45) is -1.67. The highest BCUT2D eigenvalue weighted by atomic mass is 79.9. The zero-order valence-corrected chi connectivity index (χ0v) is 13.1. The van der Waals surface area contributed by atoms with Crippen LogP contribution in [0.25, 0.3) is 5.69 Å². The van der Waals surface area contributed by atoms with E-state index in [2.05, 4.69) is 25.7 Å². The first kappa shape index (κ1) is 15.9. The molecule has 0 aliphatic carbocycles. The normalized spacial score (nSPS) is 11.7. The van der Waals surface area contributed by atoms with Gasteiger partial charge < -0.3 is 4.74 Å². The van der Waals surface area contributed by atoms with Gasteiger partial charge in [-0.05, 0) is 24.6 Å². The molecule has 1 heterocycles. The van der Waals surface area contributed by atoms with Gasteiger partial charge in [0, 0.05) is 17.1 Å². The molecule has 0 saturated heterocycles. The molecule has 2 rings (SSSR count). The second kappa shape index (κ2) is 6.09. The molecule has 0 spiro atoms. The van der Waals surface area contributed by atoms with Crippen molar-refractivity contribution in [3.63, 3.8) is 0 Å².